The lowest BCUT2D eigenvalue weighted by atomic mass is 10.2. The summed E-state index contributed by atoms with van der Waals surface area (Å²) in [6.45, 7) is 8.21. The summed E-state index contributed by atoms with van der Waals surface area (Å²) in [5, 5.41) is 7.86. The van der Waals surface area contributed by atoms with E-state index >= 15 is 0 Å². The van der Waals surface area contributed by atoms with Gasteiger partial charge in [0.15, 0.2) is 0 Å². The minimum absolute atomic E-state index is 0.476. The van der Waals surface area contributed by atoms with Crippen molar-refractivity contribution in [3.63, 3.8) is 0 Å². The molecule has 1 atom stereocenters. The Hall–Kier alpha value is -0.780. The van der Waals surface area contributed by atoms with Crippen LogP contribution < -0.4 is 5.32 Å². The zero-order valence-electron chi connectivity index (χ0n) is 10.4. The number of nitrogens with zero attached hydrogens (tertiary/aromatic N) is 2. The van der Waals surface area contributed by atoms with E-state index in [1.807, 2.05) is 11.6 Å². The van der Waals surface area contributed by atoms with Gasteiger partial charge in [0.05, 0.1) is 15.7 Å². The molecule has 1 unspecified atom stereocenters. The summed E-state index contributed by atoms with van der Waals surface area (Å²) in [6, 6.07) is 0. The van der Waals surface area contributed by atoms with E-state index in [9.17, 15) is 0 Å². The monoisotopic (exact) mass is 267 g/mol. The summed E-state index contributed by atoms with van der Waals surface area (Å²) in [6.07, 6.45) is 1.87. The Labute approximate surface area is 110 Å². The lowest BCUT2D eigenvalue weighted by Crippen LogP contribution is -2.19. The Kier molecular flexibility index (Phi) is 4.25. The fourth-order valence-corrected chi connectivity index (χ4v) is 3.31. The molecule has 2 aromatic heterocycles. The molecule has 92 valence electrons. The molecule has 0 spiro atoms. The van der Waals surface area contributed by atoms with Gasteiger partial charge in [0.25, 0.3) is 0 Å². The highest BCUT2D eigenvalue weighted by Crippen LogP contribution is 2.18. The van der Waals surface area contributed by atoms with Gasteiger partial charge >= 0.3 is 0 Å². The van der Waals surface area contributed by atoms with Crippen LogP contribution in [0, 0.1) is 13.8 Å². The second-order valence-electron chi connectivity index (χ2n) is 4.14. The van der Waals surface area contributed by atoms with Crippen molar-refractivity contribution in [2.45, 2.75) is 33.2 Å². The minimum Gasteiger partial charge on any atom is -0.311 e. The molecule has 17 heavy (non-hydrogen) atoms. The quantitative estimate of drug-likeness (QED) is 0.904. The van der Waals surface area contributed by atoms with E-state index in [2.05, 4.69) is 36.1 Å². The van der Waals surface area contributed by atoms with Gasteiger partial charge in [0.2, 0.25) is 0 Å². The van der Waals surface area contributed by atoms with Gasteiger partial charge in [0, 0.05) is 35.5 Å². The van der Waals surface area contributed by atoms with Crippen LogP contribution in [0.4, 0.5) is 0 Å². The number of hydrogen-bond donors (Lipinski definition) is 1. The third-order valence-electron chi connectivity index (χ3n) is 2.61. The maximum atomic E-state index is 4.43. The van der Waals surface area contributed by atoms with Crippen LogP contribution >= 0.6 is 22.7 Å². The predicted molar refractivity (Wildman–Crippen MR) is 73.8 cm³/mol. The summed E-state index contributed by atoms with van der Waals surface area (Å²) in [4.78, 5) is 10.1. The highest BCUT2D eigenvalue weighted by molar-refractivity contribution is 7.11. The molecule has 0 aliphatic heterocycles. The van der Waals surface area contributed by atoms with Gasteiger partial charge in [-0.3, -0.25) is 0 Å². The van der Waals surface area contributed by atoms with Gasteiger partial charge in [-0.15, -0.1) is 22.7 Å². The van der Waals surface area contributed by atoms with Crippen molar-refractivity contribution in [3.05, 3.63) is 32.2 Å². The topological polar surface area (TPSA) is 37.8 Å². The van der Waals surface area contributed by atoms with E-state index in [4.69, 9.17) is 0 Å². The number of aryl methyl sites for hydroxylation is 2. The normalized spacial score (nSPS) is 12.9. The number of aromatic nitrogens is 2. The lowest BCUT2D eigenvalue weighted by molar-refractivity contribution is 0.615. The highest BCUT2D eigenvalue weighted by atomic mass is 32.1. The molecule has 5 heteroatoms. The Morgan fingerprint density at radius 3 is 2.82 bits per heavy atom. The van der Waals surface area contributed by atoms with Crippen molar-refractivity contribution in [3.8, 4) is 0 Å². The Bertz CT molecular complexity index is 462. The zero-order chi connectivity index (χ0) is 12.3. The summed E-state index contributed by atoms with van der Waals surface area (Å²) in [5.74, 6) is 0.476. The van der Waals surface area contributed by atoms with E-state index in [1.165, 1.54) is 9.88 Å². The van der Waals surface area contributed by atoms with Crippen molar-refractivity contribution >= 4 is 22.7 Å². The maximum Gasteiger partial charge on any atom is 0.0965 e. The summed E-state index contributed by atoms with van der Waals surface area (Å²) in [5.41, 5.74) is 1.15. The number of nitrogens with one attached hydrogen (secondary N) is 1. The Balaban J connectivity index is 1.82. The summed E-state index contributed by atoms with van der Waals surface area (Å²) >= 11 is 3.50. The largest absolute Gasteiger partial charge is 0.311 e. The van der Waals surface area contributed by atoms with Crippen LogP contribution in [0.15, 0.2) is 11.6 Å². The second-order valence-corrected chi connectivity index (χ2v) is 6.36. The molecule has 1 N–H and O–H groups in total. The van der Waals surface area contributed by atoms with Gasteiger partial charge in [-0.2, -0.15) is 0 Å². The first-order valence-electron chi connectivity index (χ1n) is 5.70. The second kappa shape index (κ2) is 5.71. The minimum atomic E-state index is 0.476. The molecule has 0 bridgehead atoms. The molecular formula is C12H17N3S2. The molecule has 0 fully saturated rings. The number of rotatable bonds is 5. The molecule has 0 radical (unpaired) electrons. The molecule has 2 heterocycles. The lowest BCUT2D eigenvalue weighted by Gasteiger charge is -2.09. The van der Waals surface area contributed by atoms with E-state index in [-0.39, 0.29) is 0 Å². The molecule has 0 saturated carbocycles. The van der Waals surface area contributed by atoms with Crippen LogP contribution in [0.2, 0.25) is 0 Å². The van der Waals surface area contributed by atoms with E-state index < -0.39 is 0 Å². The fraction of sp³-hybridized carbons (Fsp3) is 0.500. The molecule has 0 aliphatic rings. The average Bonchev–Trinajstić information content (AvgIpc) is 2.89. The molecule has 0 saturated heterocycles. The zero-order valence-corrected chi connectivity index (χ0v) is 12.0. The summed E-state index contributed by atoms with van der Waals surface area (Å²) in [7, 11) is 0. The summed E-state index contributed by atoms with van der Waals surface area (Å²) < 4.78 is 0. The molecular weight excluding hydrogens is 250 g/mol. The third kappa shape index (κ3) is 3.34. The first kappa shape index (κ1) is 12.7. The van der Waals surface area contributed by atoms with Crippen molar-refractivity contribution in [2.24, 2.45) is 0 Å². The van der Waals surface area contributed by atoms with Crippen LogP contribution in [-0.2, 0) is 6.54 Å². The van der Waals surface area contributed by atoms with Crippen molar-refractivity contribution in [2.75, 3.05) is 6.54 Å². The van der Waals surface area contributed by atoms with Gasteiger partial charge < -0.3 is 5.32 Å². The molecule has 2 rings (SSSR count). The Morgan fingerprint density at radius 1 is 1.41 bits per heavy atom. The maximum absolute atomic E-state index is 4.43. The van der Waals surface area contributed by atoms with E-state index in [1.54, 1.807) is 22.7 Å². The fourth-order valence-electron chi connectivity index (χ4n) is 1.70. The van der Waals surface area contributed by atoms with Crippen LogP contribution in [-0.4, -0.2) is 16.5 Å². The van der Waals surface area contributed by atoms with Crippen molar-refractivity contribution < 1.29 is 0 Å². The highest BCUT2D eigenvalue weighted by Gasteiger charge is 2.09. The number of thiazole rings is 2. The van der Waals surface area contributed by atoms with E-state index in [0.717, 1.165) is 23.8 Å². The van der Waals surface area contributed by atoms with Crippen LogP contribution in [0.1, 0.15) is 33.4 Å². The molecule has 0 aliphatic carbocycles. The molecule has 2 aromatic rings. The SMILES string of the molecule is Cc1nc(C)c(CNCC(C)c2nccs2)s1. The van der Waals surface area contributed by atoms with Crippen LogP contribution in [0.3, 0.4) is 0 Å². The van der Waals surface area contributed by atoms with Gasteiger partial charge in [-0.05, 0) is 13.8 Å². The van der Waals surface area contributed by atoms with Crippen molar-refractivity contribution in [1.82, 2.24) is 15.3 Å². The molecule has 0 amide bonds. The predicted octanol–water partition coefficient (Wildman–Crippen LogP) is 3.11. The van der Waals surface area contributed by atoms with Crippen molar-refractivity contribution in [1.29, 1.82) is 0 Å². The molecule has 3 nitrogen and oxygen atoms in total. The van der Waals surface area contributed by atoms with Gasteiger partial charge in [-0.1, -0.05) is 6.92 Å². The van der Waals surface area contributed by atoms with Gasteiger partial charge in [0.1, 0.15) is 0 Å². The number of hydrogen-bond acceptors (Lipinski definition) is 5. The van der Waals surface area contributed by atoms with Gasteiger partial charge in [-0.25, -0.2) is 9.97 Å². The standard InChI is InChI=1S/C12H17N3S2/c1-8(12-14-4-5-16-12)6-13-7-11-9(2)15-10(3)17-11/h4-5,8,13H,6-7H2,1-3H3. The smallest absolute Gasteiger partial charge is 0.0965 e. The average molecular weight is 267 g/mol. The van der Waals surface area contributed by atoms with Crippen LogP contribution in [0.25, 0.3) is 0 Å². The van der Waals surface area contributed by atoms with E-state index in [0.29, 0.717) is 5.92 Å². The molecule has 0 aromatic carbocycles. The Morgan fingerprint density at radius 2 is 2.24 bits per heavy atom. The first-order chi connectivity index (χ1) is 8.16. The third-order valence-corrected chi connectivity index (χ3v) is 4.69. The van der Waals surface area contributed by atoms with Crippen LogP contribution in [0.5, 0.6) is 0 Å². The first-order valence-corrected chi connectivity index (χ1v) is 7.39.